The van der Waals surface area contributed by atoms with Gasteiger partial charge < -0.3 is 9.32 Å². The second-order valence-corrected chi connectivity index (χ2v) is 8.29. The van der Waals surface area contributed by atoms with Gasteiger partial charge in [0.15, 0.2) is 0 Å². The summed E-state index contributed by atoms with van der Waals surface area (Å²) in [5, 5.41) is 5.84. The number of carbonyl (C=O) groups is 1. The van der Waals surface area contributed by atoms with Crippen molar-refractivity contribution in [1.82, 2.24) is 14.7 Å². The number of rotatable bonds is 5. The predicted octanol–water partition coefficient (Wildman–Crippen LogP) is 5.07. The Labute approximate surface area is 195 Å². The van der Waals surface area contributed by atoms with Crippen LogP contribution in [0.1, 0.15) is 5.56 Å². The molecular weight excluding hydrogens is 438 g/mol. The molecule has 1 amide bonds. The van der Waals surface area contributed by atoms with Crippen molar-refractivity contribution < 1.29 is 9.21 Å². The fourth-order valence-electron chi connectivity index (χ4n) is 3.86. The van der Waals surface area contributed by atoms with Gasteiger partial charge in [-0.2, -0.15) is 5.10 Å². The molecular formula is C26H20ClN3O3. The Morgan fingerprint density at radius 1 is 1.00 bits per heavy atom. The van der Waals surface area contributed by atoms with Gasteiger partial charge in [0.1, 0.15) is 29.1 Å². The molecule has 0 aromatic heterocycles. The molecule has 2 aliphatic heterocycles. The summed E-state index contributed by atoms with van der Waals surface area (Å²) in [6.45, 7) is 0.286. The van der Waals surface area contributed by atoms with E-state index in [-0.39, 0.29) is 18.0 Å². The van der Waals surface area contributed by atoms with E-state index in [0.29, 0.717) is 45.1 Å². The molecule has 5 rings (SSSR count). The predicted molar refractivity (Wildman–Crippen MR) is 128 cm³/mol. The summed E-state index contributed by atoms with van der Waals surface area (Å²) in [4.78, 5) is 27.9. The first-order valence-electron chi connectivity index (χ1n) is 10.5. The number of fused-ring (bicyclic) bond motifs is 3. The van der Waals surface area contributed by atoms with Crippen LogP contribution >= 0.6 is 11.6 Å². The maximum atomic E-state index is 13.4. The van der Waals surface area contributed by atoms with Crippen LogP contribution < -0.4 is 5.56 Å². The number of nitrogens with zero attached hydrogens (tertiary/aromatic N) is 3. The summed E-state index contributed by atoms with van der Waals surface area (Å²) in [5.41, 5.74) is 2.80. The van der Waals surface area contributed by atoms with E-state index in [4.69, 9.17) is 16.0 Å². The maximum absolute atomic E-state index is 13.4. The highest BCUT2D eigenvalue weighted by Gasteiger charge is 2.26. The molecule has 33 heavy (non-hydrogen) atoms. The smallest absolute Gasteiger partial charge is 0.280 e. The van der Waals surface area contributed by atoms with Gasteiger partial charge in [0.05, 0.1) is 0 Å². The van der Waals surface area contributed by atoms with E-state index < -0.39 is 0 Å². The summed E-state index contributed by atoms with van der Waals surface area (Å²) in [5.74, 6) is 0.194. The Balaban J connectivity index is 1.57. The SMILES string of the molecule is CN(Cc1ccccc1)C(=O)Cn1nc2c3ccccc3oc(-c3ccc(Cl)cc3)c-2c1=O. The zero-order valence-corrected chi connectivity index (χ0v) is 18.6. The Morgan fingerprint density at radius 2 is 1.70 bits per heavy atom. The topological polar surface area (TPSA) is 68.3 Å². The van der Waals surface area contributed by atoms with Gasteiger partial charge in [-0.1, -0.05) is 54.1 Å². The molecule has 0 fully saturated rings. The number of hydrogen-bond donors (Lipinski definition) is 0. The highest BCUT2D eigenvalue weighted by Crippen LogP contribution is 2.37. The molecule has 0 saturated carbocycles. The van der Waals surface area contributed by atoms with E-state index in [9.17, 15) is 9.59 Å². The third-order valence-electron chi connectivity index (χ3n) is 5.57. The fraction of sp³-hybridized carbons (Fsp3) is 0.115. The largest absolute Gasteiger partial charge is 0.455 e. The molecule has 0 spiro atoms. The number of benzene rings is 3. The van der Waals surface area contributed by atoms with E-state index in [2.05, 4.69) is 5.10 Å². The van der Waals surface area contributed by atoms with Crippen molar-refractivity contribution in [3.05, 3.63) is 99.8 Å². The molecule has 0 atom stereocenters. The third kappa shape index (κ3) is 4.01. The van der Waals surface area contributed by atoms with Gasteiger partial charge in [0.25, 0.3) is 5.56 Å². The molecule has 0 N–H and O–H groups in total. The van der Waals surface area contributed by atoms with Crippen LogP contribution in [0.3, 0.4) is 0 Å². The summed E-state index contributed by atoms with van der Waals surface area (Å²) in [6, 6.07) is 24.2. The Morgan fingerprint density at radius 3 is 2.45 bits per heavy atom. The highest BCUT2D eigenvalue weighted by molar-refractivity contribution is 6.30. The van der Waals surface area contributed by atoms with Crippen LogP contribution in [0.25, 0.3) is 33.6 Å². The molecule has 2 aliphatic rings. The van der Waals surface area contributed by atoms with Gasteiger partial charge in [-0.05, 0) is 42.0 Å². The molecule has 0 bridgehead atoms. The molecule has 164 valence electrons. The van der Waals surface area contributed by atoms with Crippen molar-refractivity contribution in [3.8, 4) is 22.6 Å². The average molecular weight is 458 g/mol. The molecule has 0 radical (unpaired) electrons. The Kier molecular flexibility index (Phi) is 5.44. The zero-order valence-electron chi connectivity index (χ0n) is 17.9. The van der Waals surface area contributed by atoms with Crippen molar-refractivity contribution in [2.24, 2.45) is 0 Å². The quantitative estimate of drug-likeness (QED) is 0.369. The summed E-state index contributed by atoms with van der Waals surface area (Å²) >= 11 is 6.04. The number of amides is 1. The third-order valence-corrected chi connectivity index (χ3v) is 5.82. The van der Waals surface area contributed by atoms with Gasteiger partial charge in [0, 0.05) is 29.6 Å². The van der Waals surface area contributed by atoms with Crippen molar-refractivity contribution in [2.45, 2.75) is 13.1 Å². The van der Waals surface area contributed by atoms with Crippen LogP contribution in [0.2, 0.25) is 5.02 Å². The summed E-state index contributed by atoms with van der Waals surface area (Å²) < 4.78 is 7.35. The minimum atomic E-state index is -0.370. The fourth-order valence-corrected chi connectivity index (χ4v) is 3.98. The highest BCUT2D eigenvalue weighted by atomic mass is 35.5. The van der Waals surface area contributed by atoms with Crippen molar-refractivity contribution >= 4 is 28.5 Å². The van der Waals surface area contributed by atoms with Crippen LogP contribution in [0.5, 0.6) is 0 Å². The molecule has 2 heterocycles. The summed E-state index contributed by atoms with van der Waals surface area (Å²) in [6.07, 6.45) is 0. The number of halogens is 1. The van der Waals surface area contributed by atoms with Gasteiger partial charge in [-0.3, -0.25) is 9.59 Å². The van der Waals surface area contributed by atoms with E-state index in [1.165, 1.54) is 4.68 Å². The van der Waals surface area contributed by atoms with Gasteiger partial charge in [-0.15, -0.1) is 0 Å². The van der Waals surface area contributed by atoms with Gasteiger partial charge >= 0.3 is 0 Å². The van der Waals surface area contributed by atoms with E-state index >= 15 is 0 Å². The lowest BCUT2D eigenvalue weighted by molar-refractivity contribution is -0.131. The van der Waals surface area contributed by atoms with Crippen LogP contribution in [-0.4, -0.2) is 27.6 Å². The Hall–Kier alpha value is -3.90. The van der Waals surface area contributed by atoms with Crippen LogP contribution in [0.4, 0.5) is 0 Å². The molecule has 0 aliphatic carbocycles. The first-order chi connectivity index (χ1) is 16.0. The first kappa shape index (κ1) is 21.0. The van der Waals surface area contributed by atoms with E-state index in [1.807, 2.05) is 54.6 Å². The van der Waals surface area contributed by atoms with Crippen molar-refractivity contribution in [1.29, 1.82) is 0 Å². The monoisotopic (exact) mass is 457 g/mol. The number of likely N-dealkylation sites (N-methyl/N-ethyl adjacent to an activating group) is 1. The molecule has 3 aromatic rings. The van der Waals surface area contributed by atoms with Gasteiger partial charge in [0.2, 0.25) is 5.91 Å². The average Bonchev–Trinajstić information content (AvgIpc) is 3.16. The zero-order chi connectivity index (χ0) is 22.9. The first-order valence-corrected chi connectivity index (χ1v) is 10.9. The lowest BCUT2D eigenvalue weighted by Gasteiger charge is -2.16. The molecule has 0 unspecified atom stereocenters. The standard InChI is InChI=1S/C26H20ClN3O3/c1-29(15-17-7-3-2-4-8-17)22(31)16-30-26(32)23-24(28-30)20-9-5-6-10-21(20)33-25(23)18-11-13-19(27)14-12-18/h2-14H,15-16H2,1H3. The van der Waals surface area contributed by atoms with Crippen molar-refractivity contribution in [3.63, 3.8) is 0 Å². The van der Waals surface area contributed by atoms with Crippen LogP contribution in [0, 0.1) is 0 Å². The van der Waals surface area contributed by atoms with E-state index in [0.717, 1.165) is 5.56 Å². The van der Waals surface area contributed by atoms with E-state index in [1.54, 1.807) is 36.2 Å². The molecule has 7 heteroatoms. The maximum Gasteiger partial charge on any atom is 0.280 e. The molecule has 3 aromatic carbocycles. The lowest BCUT2D eigenvalue weighted by Crippen LogP contribution is -2.33. The number of para-hydroxylation sites is 1. The van der Waals surface area contributed by atoms with Crippen LogP contribution in [0.15, 0.2) is 88.1 Å². The second-order valence-electron chi connectivity index (χ2n) is 7.86. The summed E-state index contributed by atoms with van der Waals surface area (Å²) in [7, 11) is 1.72. The number of aromatic nitrogens is 2. The van der Waals surface area contributed by atoms with Crippen molar-refractivity contribution in [2.75, 3.05) is 7.05 Å². The number of hydrogen-bond acceptors (Lipinski definition) is 4. The normalized spacial score (nSPS) is 11.2. The lowest BCUT2D eigenvalue weighted by atomic mass is 10.0. The number of carbonyl (C=O) groups excluding carboxylic acids is 1. The molecule has 6 nitrogen and oxygen atoms in total. The minimum absolute atomic E-state index is 0.161. The Bertz CT molecular complexity index is 1470. The molecule has 0 saturated heterocycles. The van der Waals surface area contributed by atoms with Gasteiger partial charge in [-0.25, -0.2) is 4.68 Å². The second kappa shape index (κ2) is 8.56. The minimum Gasteiger partial charge on any atom is -0.455 e. The van der Waals surface area contributed by atoms with Crippen LogP contribution in [-0.2, 0) is 17.9 Å².